The summed E-state index contributed by atoms with van der Waals surface area (Å²) in [5.74, 6) is 0. The molecule has 0 unspecified atom stereocenters. The molecule has 0 saturated heterocycles. The second kappa shape index (κ2) is 20.6. The van der Waals surface area contributed by atoms with Crippen molar-refractivity contribution in [1.29, 1.82) is 0 Å². The Morgan fingerprint density at radius 2 is 1.20 bits per heavy atom. The first kappa shape index (κ1) is 16.8. The Hall–Kier alpha value is 0.913. The van der Waals surface area contributed by atoms with E-state index < -0.39 is 0 Å². The second-order valence-corrected chi connectivity index (χ2v) is 0.577. The molecule has 30 valence electrons. The first-order valence-electron chi connectivity index (χ1n) is 1.15. The Balaban J connectivity index is -0.0000000200. The molecule has 0 aromatic heterocycles. The van der Waals surface area contributed by atoms with Crippen molar-refractivity contribution >= 4 is 12.4 Å². The fraction of sp³-hybridized carbons (Fsp3) is 0.667. The standard InChI is InChI=1S/C3H7.ClH.Zn/c1-3-2;;/h3H,1-2H3;1H;/q-1;;. The fourth-order valence-corrected chi connectivity index (χ4v) is 0. The van der Waals surface area contributed by atoms with Crippen LogP contribution in [-0.4, -0.2) is 0 Å². The zero-order valence-corrected chi connectivity index (χ0v) is 7.48. The van der Waals surface area contributed by atoms with Crippen LogP contribution >= 0.6 is 12.4 Å². The van der Waals surface area contributed by atoms with Crippen molar-refractivity contribution in [3.05, 3.63) is 6.42 Å². The average molecular weight is 145 g/mol. The van der Waals surface area contributed by atoms with Gasteiger partial charge >= 0.3 is 0 Å². The molecule has 0 aromatic carbocycles. The van der Waals surface area contributed by atoms with Crippen molar-refractivity contribution in [2.24, 2.45) is 0 Å². The molecule has 0 heterocycles. The monoisotopic (exact) mass is 143 g/mol. The summed E-state index contributed by atoms with van der Waals surface area (Å²) in [5, 5.41) is 0. The molecule has 2 heteroatoms. The third-order valence-electron chi connectivity index (χ3n) is 0. The van der Waals surface area contributed by atoms with Gasteiger partial charge in [0.15, 0.2) is 0 Å². The van der Waals surface area contributed by atoms with Gasteiger partial charge in [-0.3, -0.25) is 0 Å². The Morgan fingerprint density at radius 3 is 1.20 bits per heavy atom. The topological polar surface area (TPSA) is 0 Å². The molecule has 5 heavy (non-hydrogen) atoms. The minimum absolute atomic E-state index is 0. The molecule has 0 aliphatic rings. The Kier molecular flexibility index (Phi) is 69.1. The predicted octanol–water partition coefficient (Wildman–Crippen LogP) is 1.65. The summed E-state index contributed by atoms with van der Waals surface area (Å²) in [5.41, 5.74) is 0. The molecule has 0 saturated carbocycles. The third-order valence-corrected chi connectivity index (χ3v) is 0. The van der Waals surface area contributed by atoms with Crippen LogP contribution in [0.3, 0.4) is 0 Å². The van der Waals surface area contributed by atoms with Gasteiger partial charge in [0, 0.05) is 19.5 Å². The molecule has 0 aliphatic carbocycles. The molecule has 0 atom stereocenters. The van der Waals surface area contributed by atoms with Crippen LogP contribution in [0.25, 0.3) is 0 Å². The minimum Gasteiger partial charge on any atom is -0.335 e. The van der Waals surface area contributed by atoms with Gasteiger partial charge < -0.3 is 6.42 Å². The van der Waals surface area contributed by atoms with E-state index in [9.17, 15) is 0 Å². The minimum atomic E-state index is 0. The van der Waals surface area contributed by atoms with Crippen molar-refractivity contribution in [1.82, 2.24) is 0 Å². The number of hydrogen-bond donors (Lipinski definition) is 0. The SMILES string of the molecule is C[CH-]C.Cl.[Zn]. The van der Waals surface area contributed by atoms with Crippen LogP contribution in [0, 0.1) is 6.42 Å². The third kappa shape index (κ3) is 50.0. The Labute approximate surface area is 52.5 Å². The summed E-state index contributed by atoms with van der Waals surface area (Å²) < 4.78 is 0. The van der Waals surface area contributed by atoms with Crippen molar-refractivity contribution in [2.45, 2.75) is 13.8 Å². The largest absolute Gasteiger partial charge is 0.335 e. The zero-order chi connectivity index (χ0) is 2.71. The molecule has 0 amide bonds. The van der Waals surface area contributed by atoms with E-state index in [1.54, 1.807) is 0 Å². The second-order valence-electron chi connectivity index (χ2n) is 0.577. The summed E-state index contributed by atoms with van der Waals surface area (Å²) in [7, 11) is 0. The summed E-state index contributed by atoms with van der Waals surface area (Å²) in [6, 6.07) is 0. The Morgan fingerprint density at radius 1 is 1.20 bits per heavy atom. The van der Waals surface area contributed by atoms with Gasteiger partial charge in [0.2, 0.25) is 0 Å². The Bertz CT molecular complexity index is 6.85. The van der Waals surface area contributed by atoms with Crippen molar-refractivity contribution in [3.8, 4) is 0 Å². The zero-order valence-electron chi connectivity index (χ0n) is 3.69. The molecular weight excluding hydrogens is 137 g/mol. The van der Waals surface area contributed by atoms with E-state index >= 15 is 0 Å². The smallest absolute Gasteiger partial charge is 0 e. The molecule has 0 N–H and O–H groups in total. The summed E-state index contributed by atoms with van der Waals surface area (Å²) >= 11 is 0. The van der Waals surface area contributed by atoms with Crippen LogP contribution < -0.4 is 0 Å². The first-order chi connectivity index (χ1) is 1.41. The van der Waals surface area contributed by atoms with Crippen LogP contribution in [-0.2, 0) is 19.5 Å². The molecular formula is C3H8ClZn-. The molecule has 0 nitrogen and oxygen atoms in total. The van der Waals surface area contributed by atoms with Crippen molar-refractivity contribution < 1.29 is 19.5 Å². The van der Waals surface area contributed by atoms with Gasteiger partial charge in [0.25, 0.3) is 0 Å². The van der Waals surface area contributed by atoms with Crippen molar-refractivity contribution in [3.63, 3.8) is 0 Å². The molecule has 0 fully saturated rings. The molecule has 0 rings (SSSR count). The van der Waals surface area contributed by atoms with Gasteiger partial charge in [-0.05, 0) is 0 Å². The van der Waals surface area contributed by atoms with E-state index in [0.29, 0.717) is 0 Å². The van der Waals surface area contributed by atoms with Gasteiger partial charge in [0.1, 0.15) is 0 Å². The van der Waals surface area contributed by atoms with Gasteiger partial charge in [-0.15, -0.1) is 12.4 Å². The van der Waals surface area contributed by atoms with E-state index in [4.69, 9.17) is 0 Å². The fourth-order valence-electron chi connectivity index (χ4n) is 0. The summed E-state index contributed by atoms with van der Waals surface area (Å²) in [6.45, 7) is 4.00. The first-order valence-corrected chi connectivity index (χ1v) is 1.15. The molecule has 0 aliphatic heterocycles. The van der Waals surface area contributed by atoms with Gasteiger partial charge in [0.05, 0.1) is 0 Å². The number of rotatable bonds is 0. The van der Waals surface area contributed by atoms with E-state index in [1.807, 2.05) is 20.3 Å². The molecule has 0 bridgehead atoms. The number of hydrogen-bond acceptors (Lipinski definition) is 0. The van der Waals surface area contributed by atoms with E-state index in [1.165, 1.54) is 0 Å². The summed E-state index contributed by atoms with van der Waals surface area (Å²) in [6.07, 6.45) is 2.00. The van der Waals surface area contributed by atoms with Crippen LogP contribution in [0.1, 0.15) is 13.8 Å². The van der Waals surface area contributed by atoms with Crippen LogP contribution in [0.15, 0.2) is 0 Å². The molecule has 0 radical (unpaired) electrons. The van der Waals surface area contributed by atoms with Gasteiger partial charge in [-0.1, -0.05) is 0 Å². The average Bonchev–Trinajstić information content (AvgIpc) is 0.918. The normalized spacial score (nSPS) is 3.60. The number of halogens is 1. The van der Waals surface area contributed by atoms with Crippen molar-refractivity contribution in [2.75, 3.05) is 0 Å². The van der Waals surface area contributed by atoms with Gasteiger partial charge in [-0.2, -0.15) is 13.8 Å². The molecule has 0 spiro atoms. The predicted molar refractivity (Wildman–Crippen MR) is 22.9 cm³/mol. The maximum atomic E-state index is 2.00. The van der Waals surface area contributed by atoms with E-state index in [-0.39, 0.29) is 31.9 Å². The van der Waals surface area contributed by atoms with Crippen LogP contribution in [0.4, 0.5) is 0 Å². The van der Waals surface area contributed by atoms with Gasteiger partial charge in [-0.25, -0.2) is 0 Å². The van der Waals surface area contributed by atoms with E-state index in [0.717, 1.165) is 0 Å². The molecule has 0 aromatic rings. The summed E-state index contributed by atoms with van der Waals surface area (Å²) in [4.78, 5) is 0. The van der Waals surface area contributed by atoms with Crippen LogP contribution in [0.2, 0.25) is 0 Å². The maximum Gasteiger partial charge on any atom is 0 e. The maximum absolute atomic E-state index is 2.00. The quantitative estimate of drug-likeness (QED) is 0.359. The van der Waals surface area contributed by atoms with Crippen LogP contribution in [0.5, 0.6) is 0 Å². The van der Waals surface area contributed by atoms with E-state index in [2.05, 4.69) is 0 Å².